The molecule has 0 aromatic heterocycles. The molecule has 2 aromatic carbocycles. The number of anilines is 3. The molecule has 6 heteroatoms. The van der Waals surface area contributed by atoms with Crippen molar-refractivity contribution in [2.45, 2.75) is 118 Å². The first kappa shape index (κ1) is 33.9. The Bertz CT molecular complexity index is 1420. The average molecular weight is 642 g/mol. The molecule has 6 rings (SSSR count). The molecule has 6 nitrogen and oxygen atoms in total. The molecule has 9 unspecified atom stereocenters. The van der Waals surface area contributed by atoms with Crippen LogP contribution in [0.25, 0.3) is 0 Å². The number of benzene rings is 2. The van der Waals surface area contributed by atoms with E-state index in [9.17, 15) is 9.59 Å². The molecular formula is C41H59N3O3. The molecule has 0 bridgehead atoms. The predicted octanol–water partition coefficient (Wildman–Crippen LogP) is 9.75. The fraction of sp³-hybridized carbons (Fsp3) is 0.659. The van der Waals surface area contributed by atoms with E-state index in [1.54, 1.807) is 42.5 Å². The second-order valence-electron chi connectivity index (χ2n) is 16.9. The maximum Gasteiger partial charge on any atom is 0.338 e. The fourth-order valence-electron chi connectivity index (χ4n) is 11.3. The van der Waals surface area contributed by atoms with Gasteiger partial charge in [0.15, 0.2) is 0 Å². The van der Waals surface area contributed by atoms with Crippen LogP contribution in [0.1, 0.15) is 132 Å². The summed E-state index contributed by atoms with van der Waals surface area (Å²) in [7, 11) is 0. The topological polar surface area (TPSA) is 107 Å². The summed E-state index contributed by atoms with van der Waals surface area (Å²) in [5.74, 6) is 5.19. The van der Waals surface area contributed by atoms with Crippen LogP contribution < -0.4 is 16.8 Å². The summed E-state index contributed by atoms with van der Waals surface area (Å²) in [6, 6.07) is 11.7. The highest BCUT2D eigenvalue weighted by molar-refractivity contribution is 6.05. The fourth-order valence-corrected chi connectivity index (χ4v) is 11.3. The van der Waals surface area contributed by atoms with Gasteiger partial charge in [0.1, 0.15) is 6.10 Å². The van der Waals surface area contributed by atoms with Crippen LogP contribution >= 0.6 is 0 Å². The molecule has 2 aromatic rings. The number of hydrogen-bond donors (Lipinski definition) is 3. The van der Waals surface area contributed by atoms with Crippen LogP contribution in [0.2, 0.25) is 0 Å². The first-order valence-corrected chi connectivity index (χ1v) is 18.7. The Labute approximate surface area is 283 Å². The maximum absolute atomic E-state index is 13.2. The maximum atomic E-state index is 13.2. The third-order valence-corrected chi connectivity index (χ3v) is 13.7. The quantitative estimate of drug-likeness (QED) is 0.187. The van der Waals surface area contributed by atoms with Gasteiger partial charge in [-0.05, 0) is 153 Å². The predicted molar refractivity (Wildman–Crippen MR) is 192 cm³/mol. The summed E-state index contributed by atoms with van der Waals surface area (Å²) in [6.45, 7) is 12.6. The average Bonchev–Trinajstić information content (AvgIpc) is 3.38. The lowest BCUT2D eigenvalue weighted by Crippen LogP contribution is -2.54. The molecule has 0 heterocycles. The highest BCUT2D eigenvalue weighted by Crippen LogP contribution is 2.68. The zero-order valence-electron chi connectivity index (χ0n) is 29.5. The third kappa shape index (κ3) is 6.81. The van der Waals surface area contributed by atoms with E-state index in [1.165, 1.54) is 57.8 Å². The van der Waals surface area contributed by atoms with Gasteiger partial charge in [0.05, 0.1) is 5.56 Å². The molecule has 0 saturated heterocycles. The van der Waals surface area contributed by atoms with Gasteiger partial charge in [-0.3, -0.25) is 4.79 Å². The number of rotatable bonds is 9. The molecule has 4 aliphatic rings. The number of ether oxygens (including phenoxy) is 1. The van der Waals surface area contributed by atoms with E-state index in [0.29, 0.717) is 44.9 Å². The lowest BCUT2D eigenvalue weighted by Gasteiger charge is -2.61. The van der Waals surface area contributed by atoms with E-state index in [2.05, 4.69) is 39.9 Å². The largest absolute Gasteiger partial charge is 0.459 e. The highest BCUT2D eigenvalue weighted by atomic mass is 16.5. The number of nitrogens with two attached hydrogens (primary N) is 2. The number of carbonyl (C=O) groups is 2. The highest BCUT2D eigenvalue weighted by Gasteiger charge is 2.60. The second kappa shape index (κ2) is 13.5. The van der Waals surface area contributed by atoms with Crippen molar-refractivity contribution in [3.8, 4) is 0 Å². The summed E-state index contributed by atoms with van der Waals surface area (Å²) >= 11 is 0. The van der Waals surface area contributed by atoms with Crippen molar-refractivity contribution in [3.63, 3.8) is 0 Å². The third-order valence-electron chi connectivity index (χ3n) is 13.7. The number of amides is 1. The van der Waals surface area contributed by atoms with Gasteiger partial charge >= 0.3 is 5.97 Å². The van der Waals surface area contributed by atoms with Crippen molar-refractivity contribution < 1.29 is 14.3 Å². The molecule has 0 radical (unpaired) electrons. The van der Waals surface area contributed by atoms with Gasteiger partial charge in [0, 0.05) is 22.6 Å². The van der Waals surface area contributed by atoms with Crippen LogP contribution in [0.5, 0.6) is 0 Å². The molecule has 4 aliphatic carbocycles. The Hall–Kier alpha value is -3.02. The van der Waals surface area contributed by atoms with Crippen LogP contribution in [0.4, 0.5) is 17.1 Å². The number of carbonyl (C=O) groups excluding carboxylic acids is 2. The zero-order valence-corrected chi connectivity index (χ0v) is 29.5. The minimum Gasteiger partial charge on any atom is -0.459 e. The summed E-state index contributed by atoms with van der Waals surface area (Å²) < 4.78 is 6.14. The zero-order chi connectivity index (χ0) is 33.5. The Kier molecular flexibility index (Phi) is 9.71. The molecule has 0 spiro atoms. The minimum atomic E-state index is -0.304. The molecule has 0 aliphatic heterocycles. The Morgan fingerprint density at radius 1 is 0.830 bits per heavy atom. The van der Waals surface area contributed by atoms with Gasteiger partial charge in [-0.1, -0.05) is 53.9 Å². The van der Waals surface area contributed by atoms with E-state index in [0.717, 1.165) is 54.8 Å². The smallest absolute Gasteiger partial charge is 0.338 e. The van der Waals surface area contributed by atoms with Gasteiger partial charge < -0.3 is 21.5 Å². The summed E-state index contributed by atoms with van der Waals surface area (Å²) in [5, 5.41) is 2.85. The second-order valence-corrected chi connectivity index (χ2v) is 16.9. The van der Waals surface area contributed by atoms with E-state index in [4.69, 9.17) is 16.2 Å². The van der Waals surface area contributed by atoms with Gasteiger partial charge in [0.2, 0.25) is 0 Å². The van der Waals surface area contributed by atoms with E-state index in [-0.39, 0.29) is 18.0 Å². The Balaban J connectivity index is 1.03. The van der Waals surface area contributed by atoms with Gasteiger partial charge in [-0.2, -0.15) is 0 Å². The molecule has 47 heavy (non-hydrogen) atoms. The molecule has 4 saturated carbocycles. The van der Waals surface area contributed by atoms with Crippen molar-refractivity contribution in [3.05, 3.63) is 53.6 Å². The van der Waals surface area contributed by atoms with Crippen LogP contribution in [0.15, 0.2) is 42.5 Å². The normalized spacial score (nSPS) is 33.7. The van der Waals surface area contributed by atoms with Crippen molar-refractivity contribution in [1.29, 1.82) is 0 Å². The van der Waals surface area contributed by atoms with Gasteiger partial charge in [-0.25, -0.2) is 4.79 Å². The van der Waals surface area contributed by atoms with Crippen molar-refractivity contribution in [1.82, 2.24) is 0 Å². The summed E-state index contributed by atoms with van der Waals surface area (Å²) in [5.41, 5.74) is 14.9. The SMILES string of the molecule is CC(C)CCCC(C)C1CCC2C3CCC4CC(OC(=O)c5ccc(NC(=O)c6cc(N)cc(N)c6)cc5)CCC4(C)C3CCC12C. The van der Waals surface area contributed by atoms with Crippen LogP contribution in [-0.4, -0.2) is 18.0 Å². The summed E-state index contributed by atoms with van der Waals surface area (Å²) in [6.07, 6.45) is 15.5. The van der Waals surface area contributed by atoms with Crippen LogP contribution in [0, 0.1) is 52.3 Å². The van der Waals surface area contributed by atoms with E-state index < -0.39 is 0 Å². The molecule has 9 atom stereocenters. The number of nitrogens with one attached hydrogen (secondary N) is 1. The lowest BCUT2D eigenvalue weighted by molar-refractivity contribution is -0.130. The van der Waals surface area contributed by atoms with Crippen molar-refractivity contribution in [2.24, 2.45) is 52.3 Å². The van der Waals surface area contributed by atoms with E-state index >= 15 is 0 Å². The van der Waals surface area contributed by atoms with Crippen molar-refractivity contribution in [2.75, 3.05) is 16.8 Å². The number of fused-ring (bicyclic) bond motifs is 5. The lowest BCUT2D eigenvalue weighted by atomic mass is 9.44. The summed E-state index contributed by atoms with van der Waals surface area (Å²) in [4.78, 5) is 25.9. The van der Waals surface area contributed by atoms with Gasteiger partial charge in [-0.15, -0.1) is 0 Å². The molecule has 5 N–H and O–H groups in total. The number of esters is 1. The monoisotopic (exact) mass is 641 g/mol. The Morgan fingerprint density at radius 2 is 1.51 bits per heavy atom. The standard InChI is InChI=1S/C41H59N3O3/c1-25(2)7-6-8-26(3)35-15-16-36-34-14-11-29-23-33(17-19-40(29,4)37(34)18-20-41(35,36)5)47-39(46)27-9-12-32(13-10-27)44-38(45)28-21-30(42)24-31(43)22-28/h9-10,12-13,21-22,24-26,29,33-37H,6-8,11,14-20,23,42-43H2,1-5H3,(H,44,45). The molecular weight excluding hydrogens is 582 g/mol. The minimum absolute atomic E-state index is 0.0260. The molecule has 4 fully saturated rings. The van der Waals surface area contributed by atoms with Gasteiger partial charge in [0.25, 0.3) is 5.91 Å². The first-order valence-electron chi connectivity index (χ1n) is 18.7. The van der Waals surface area contributed by atoms with Crippen LogP contribution in [0.3, 0.4) is 0 Å². The van der Waals surface area contributed by atoms with Crippen molar-refractivity contribution >= 4 is 28.9 Å². The molecule has 1 amide bonds. The first-order chi connectivity index (χ1) is 22.4. The van der Waals surface area contributed by atoms with E-state index in [1.807, 2.05) is 0 Å². The van der Waals surface area contributed by atoms with Crippen LogP contribution in [-0.2, 0) is 4.74 Å². The Morgan fingerprint density at radius 3 is 2.21 bits per heavy atom. The molecule has 256 valence electrons. The number of hydrogen-bond acceptors (Lipinski definition) is 5. The number of nitrogen functional groups attached to an aromatic ring is 2.